The fourth-order valence-electron chi connectivity index (χ4n) is 4.44. The summed E-state index contributed by atoms with van der Waals surface area (Å²) in [6.07, 6.45) is 3.53. The Bertz CT molecular complexity index is 1710. The van der Waals surface area contributed by atoms with Crippen LogP contribution >= 0.6 is 0 Å². The van der Waals surface area contributed by atoms with Crippen molar-refractivity contribution in [1.82, 2.24) is 30.0 Å². The summed E-state index contributed by atoms with van der Waals surface area (Å²) in [6, 6.07) is 20.6. The van der Waals surface area contributed by atoms with E-state index >= 15 is 0 Å². The highest BCUT2D eigenvalue weighted by Gasteiger charge is 2.16. The number of hydrogen-bond acceptors (Lipinski definition) is 5. The molecule has 2 N–H and O–H groups in total. The number of fused-ring (bicyclic) bond motifs is 2. The Balaban J connectivity index is 1.41. The number of aromatic amines is 2. The van der Waals surface area contributed by atoms with Gasteiger partial charge in [-0.1, -0.05) is 12.1 Å². The Kier molecular flexibility index (Phi) is 5.86. The number of nitrogens with zero attached hydrogens (tertiary/aromatic N) is 4. The van der Waals surface area contributed by atoms with Gasteiger partial charge < -0.3 is 14.6 Å². The van der Waals surface area contributed by atoms with Crippen molar-refractivity contribution in [2.45, 2.75) is 0 Å². The van der Waals surface area contributed by atoms with E-state index in [1.807, 2.05) is 73.6 Å². The first-order valence-corrected chi connectivity index (χ1v) is 12.0. The molecule has 0 aliphatic heterocycles. The smallest absolute Gasteiger partial charge is 0.135 e. The minimum Gasteiger partial charge on any atom is -0.492 e. The highest BCUT2D eigenvalue weighted by Crippen LogP contribution is 2.35. The second-order valence-electron chi connectivity index (χ2n) is 9.18. The van der Waals surface area contributed by atoms with Crippen molar-refractivity contribution in [3.63, 3.8) is 0 Å². The van der Waals surface area contributed by atoms with Gasteiger partial charge in [-0.05, 0) is 73.8 Å². The molecule has 8 heteroatoms. The fourth-order valence-corrected chi connectivity index (χ4v) is 4.44. The Labute approximate surface area is 213 Å². The quantitative estimate of drug-likeness (QED) is 0.289. The molecule has 4 heterocycles. The minimum absolute atomic E-state index is 0.337. The predicted molar refractivity (Wildman–Crippen MR) is 144 cm³/mol. The van der Waals surface area contributed by atoms with Gasteiger partial charge in [0.05, 0.1) is 16.9 Å². The van der Waals surface area contributed by atoms with E-state index in [4.69, 9.17) is 9.72 Å². The lowest BCUT2D eigenvalue weighted by Crippen LogP contribution is -2.19. The van der Waals surface area contributed by atoms with Gasteiger partial charge in [-0.2, -0.15) is 5.10 Å². The summed E-state index contributed by atoms with van der Waals surface area (Å²) in [7, 11) is 3.95. The molecule has 0 bridgehead atoms. The van der Waals surface area contributed by atoms with Crippen LogP contribution in [0.15, 0.2) is 79.1 Å². The highest BCUT2D eigenvalue weighted by atomic mass is 19.1. The van der Waals surface area contributed by atoms with Crippen molar-refractivity contribution in [3.8, 4) is 39.5 Å². The van der Waals surface area contributed by atoms with Crippen molar-refractivity contribution in [2.75, 3.05) is 27.2 Å². The number of ether oxygens (including phenoxy) is 1. The molecule has 0 amide bonds. The molecule has 0 atom stereocenters. The topological polar surface area (TPSA) is 82.7 Å². The maximum absolute atomic E-state index is 14.6. The lowest BCUT2D eigenvalue weighted by molar-refractivity contribution is 0.260. The van der Waals surface area contributed by atoms with Gasteiger partial charge >= 0.3 is 0 Å². The SMILES string of the molecule is CN(C)CCOc1cc(F)cc(-c2cccc3[nH]c(-c4n[nH]c5ccc(-c6cccnc6)nc45)cc23)c1. The van der Waals surface area contributed by atoms with Crippen molar-refractivity contribution < 1.29 is 9.13 Å². The number of aromatic nitrogens is 5. The zero-order valence-corrected chi connectivity index (χ0v) is 20.5. The number of halogens is 1. The van der Waals surface area contributed by atoms with Crippen LogP contribution in [0.25, 0.3) is 55.7 Å². The Hall–Kier alpha value is -4.56. The van der Waals surface area contributed by atoms with Gasteiger partial charge in [0.15, 0.2) is 0 Å². The van der Waals surface area contributed by atoms with E-state index in [-0.39, 0.29) is 5.82 Å². The number of hydrogen-bond donors (Lipinski definition) is 2. The zero-order chi connectivity index (χ0) is 25.4. The second-order valence-corrected chi connectivity index (χ2v) is 9.18. The number of benzene rings is 2. The molecule has 37 heavy (non-hydrogen) atoms. The van der Waals surface area contributed by atoms with Crippen LogP contribution < -0.4 is 4.74 Å². The number of rotatable bonds is 7. The third-order valence-electron chi connectivity index (χ3n) is 6.27. The average Bonchev–Trinajstić information content (AvgIpc) is 3.52. The molecule has 0 saturated carbocycles. The van der Waals surface area contributed by atoms with E-state index in [2.05, 4.69) is 20.2 Å². The molecule has 0 spiro atoms. The minimum atomic E-state index is -0.337. The molecule has 6 aromatic rings. The molecular weight excluding hydrogens is 467 g/mol. The van der Waals surface area contributed by atoms with Gasteiger partial charge in [-0.3, -0.25) is 10.1 Å². The third-order valence-corrected chi connectivity index (χ3v) is 6.27. The number of likely N-dealkylation sites (N-methyl/N-ethyl adjacent to an activating group) is 1. The van der Waals surface area contributed by atoms with Gasteiger partial charge in [-0.25, -0.2) is 9.37 Å². The molecule has 2 aromatic carbocycles. The standard InChI is InChI=1S/C29H25FN6O/c1-36(2)11-12-37-21-14-19(13-20(30)15-21)22-6-3-7-25-23(22)16-27(32-25)29-28-26(34-35-29)9-8-24(33-28)18-5-4-10-31-17-18/h3-10,13-17,32H,11-12H2,1-2H3,(H,34,35). The van der Waals surface area contributed by atoms with Gasteiger partial charge in [0.1, 0.15) is 29.4 Å². The van der Waals surface area contributed by atoms with Crippen molar-refractivity contribution in [2.24, 2.45) is 0 Å². The first-order valence-electron chi connectivity index (χ1n) is 12.0. The lowest BCUT2D eigenvalue weighted by atomic mass is 10.0. The Morgan fingerprint density at radius 1 is 0.946 bits per heavy atom. The summed E-state index contributed by atoms with van der Waals surface area (Å²) in [5.41, 5.74) is 7.47. The summed E-state index contributed by atoms with van der Waals surface area (Å²) in [5.74, 6) is 0.172. The third kappa shape index (κ3) is 4.54. The van der Waals surface area contributed by atoms with Crippen LogP contribution in [0.5, 0.6) is 5.75 Å². The van der Waals surface area contributed by atoms with Gasteiger partial charge in [0.2, 0.25) is 0 Å². The second kappa shape index (κ2) is 9.48. The number of H-pyrrole nitrogens is 2. The van der Waals surface area contributed by atoms with E-state index in [0.717, 1.165) is 62.3 Å². The molecule has 0 fully saturated rings. The lowest BCUT2D eigenvalue weighted by Gasteiger charge is -2.12. The fraction of sp³-hybridized carbons (Fsp3) is 0.138. The largest absolute Gasteiger partial charge is 0.492 e. The number of nitrogens with one attached hydrogen (secondary N) is 2. The molecule has 0 aliphatic carbocycles. The first-order chi connectivity index (χ1) is 18.0. The summed E-state index contributed by atoms with van der Waals surface area (Å²) >= 11 is 0. The molecule has 0 saturated heterocycles. The summed E-state index contributed by atoms with van der Waals surface area (Å²) < 4.78 is 20.4. The molecule has 7 nitrogen and oxygen atoms in total. The maximum atomic E-state index is 14.6. The van der Waals surface area contributed by atoms with Crippen LogP contribution in [0.4, 0.5) is 4.39 Å². The van der Waals surface area contributed by atoms with E-state index in [9.17, 15) is 4.39 Å². The predicted octanol–water partition coefficient (Wildman–Crippen LogP) is 5.91. The maximum Gasteiger partial charge on any atom is 0.135 e. The van der Waals surface area contributed by atoms with Gasteiger partial charge in [0, 0.05) is 41.5 Å². The molecule has 184 valence electrons. The van der Waals surface area contributed by atoms with Crippen LogP contribution in [0.3, 0.4) is 0 Å². The van der Waals surface area contributed by atoms with Crippen LogP contribution in [-0.4, -0.2) is 57.3 Å². The van der Waals surface area contributed by atoms with Crippen molar-refractivity contribution in [3.05, 3.63) is 84.9 Å². The number of pyridine rings is 2. The van der Waals surface area contributed by atoms with Crippen LogP contribution in [0, 0.1) is 5.82 Å². The molecule has 4 aromatic heterocycles. The summed E-state index contributed by atoms with van der Waals surface area (Å²) in [5, 5.41) is 8.60. The van der Waals surface area contributed by atoms with Crippen LogP contribution in [-0.2, 0) is 0 Å². The normalized spacial score (nSPS) is 11.6. The van der Waals surface area contributed by atoms with E-state index in [1.165, 1.54) is 12.1 Å². The first kappa shape index (κ1) is 22.9. The van der Waals surface area contributed by atoms with Crippen molar-refractivity contribution >= 4 is 21.9 Å². The van der Waals surface area contributed by atoms with E-state index < -0.39 is 0 Å². The molecular formula is C29H25FN6O. The molecule has 0 radical (unpaired) electrons. The average molecular weight is 493 g/mol. The van der Waals surface area contributed by atoms with Crippen LogP contribution in [0.2, 0.25) is 0 Å². The molecule has 6 rings (SSSR count). The van der Waals surface area contributed by atoms with Crippen molar-refractivity contribution in [1.29, 1.82) is 0 Å². The van der Waals surface area contributed by atoms with Gasteiger partial charge in [-0.15, -0.1) is 0 Å². The zero-order valence-electron chi connectivity index (χ0n) is 20.5. The monoisotopic (exact) mass is 492 g/mol. The molecule has 0 unspecified atom stereocenters. The Morgan fingerprint density at radius 3 is 2.70 bits per heavy atom. The van der Waals surface area contributed by atoms with Crippen LogP contribution in [0.1, 0.15) is 0 Å². The van der Waals surface area contributed by atoms with E-state index in [1.54, 1.807) is 12.4 Å². The Morgan fingerprint density at radius 2 is 1.86 bits per heavy atom. The summed E-state index contributed by atoms with van der Waals surface area (Å²) in [4.78, 5) is 14.6. The highest BCUT2D eigenvalue weighted by molar-refractivity contribution is 6.00. The van der Waals surface area contributed by atoms with Gasteiger partial charge in [0.25, 0.3) is 0 Å². The molecule has 0 aliphatic rings. The summed E-state index contributed by atoms with van der Waals surface area (Å²) in [6.45, 7) is 1.23. The van der Waals surface area contributed by atoms with E-state index in [0.29, 0.717) is 12.4 Å².